The van der Waals surface area contributed by atoms with Gasteiger partial charge in [0.2, 0.25) is 0 Å². The summed E-state index contributed by atoms with van der Waals surface area (Å²) >= 11 is -1.46. The summed E-state index contributed by atoms with van der Waals surface area (Å²) in [4.78, 5) is 13.1. The van der Waals surface area contributed by atoms with Crippen molar-refractivity contribution in [2.75, 3.05) is 7.05 Å². The van der Waals surface area contributed by atoms with Crippen molar-refractivity contribution in [1.29, 1.82) is 0 Å². The quantitative estimate of drug-likeness (QED) is 0.130. The number of benzene rings is 1. The van der Waals surface area contributed by atoms with Gasteiger partial charge in [0.05, 0.1) is 0 Å². The van der Waals surface area contributed by atoms with Gasteiger partial charge in [-0.2, -0.15) is 0 Å². The van der Waals surface area contributed by atoms with Crippen LogP contribution in [0.5, 0.6) is 0 Å². The molecule has 6 rings (SSSR count). The third kappa shape index (κ3) is 1.57. The van der Waals surface area contributed by atoms with E-state index in [0.29, 0.717) is 0 Å². The average Bonchev–Trinajstić information content (AvgIpc) is 3.47. The van der Waals surface area contributed by atoms with Gasteiger partial charge in [-0.25, -0.2) is 0 Å². The Morgan fingerprint density at radius 1 is 1.43 bits per heavy atom. The maximum absolute atomic E-state index is 13.1. The Bertz CT molecular complexity index is 823. The van der Waals surface area contributed by atoms with Gasteiger partial charge in [0.15, 0.2) is 0 Å². The Hall–Kier alpha value is -0.170. The summed E-state index contributed by atoms with van der Waals surface area (Å²) in [5.74, 6) is -0.0258. The van der Waals surface area contributed by atoms with Gasteiger partial charge in [0, 0.05) is 0 Å². The molecule has 2 bridgehead atoms. The number of rotatable bonds is 4. The fourth-order valence-electron chi connectivity index (χ4n) is 4.00. The normalized spacial score (nSPS) is 41.4. The standard InChI is InChI=1S/C15H16I2N3O3/c1-20-15(17(20)19-15)14(16-18-14)12(21)23-13(6-2-3-7-13)10-8-9-4-5-11(10)22-9/h4-5,8,18-19H,2-3,6-7H2,1H3/q-1. The van der Waals surface area contributed by atoms with Crippen LogP contribution < -0.4 is 28.5 Å². The van der Waals surface area contributed by atoms with Gasteiger partial charge in [-0.3, -0.25) is 0 Å². The number of hydrogen-bond acceptors (Lipinski definition) is 6. The van der Waals surface area contributed by atoms with Gasteiger partial charge in [0.25, 0.3) is 0 Å². The summed E-state index contributed by atoms with van der Waals surface area (Å²) in [5.41, 5.74) is 2.36. The molecule has 1 saturated carbocycles. The zero-order valence-electron chi connectivity index (χ0n) is 12.5. The first-order valence-electron chi connectivity index (χ1n) is 7.81. The Morgan fingerprint density at radius 3 is 2.65 bits per heavy atom. The zero-order valence-corrected chi connectivity index (χ0v) is 16.8. The Morgan fingerprint density at radius 2 is 2.17 bits per heavy atom. The predicted octanol–water partition coefficient (Wildman–Crippen LogP) is -0.975. The fourth-order valence-corrected chi connectivity index (χ4v) is 15.2. The van der Waals surface area contributed by atoms with Crippen LogP contribution in [0.2, 0.25) is 0 Å². The summed E-state index contributed by atoms with van der Waals surface area (Å²) < 4.78 is 21.0. The number of likely N-dealkylation sites (N-methyl/N-ethyl adjacent to an activating group) is 1. The molecule has 0 amide bonds. The molecule has 1 aliphatic carbocycles. The summed E-state index contributed by atoms with van der Waals surface area (Å²) in [6.07, 6.45) is 4.03. The van der Waals surface area contributed by atoms with E-state index in [9.17, 15) is 4.79 Å². The number of carbonyl (C=O) groups is 1. The fraction of sp³-hybridized carbons (Fsp3) is 0.533. The van der Waals surface area contributed by atoms with Crippen molar-refractivity contribution in [3.63, 3.8) is 0 Å². The van der Waals surface area contributed by atoms with E-state index in [0.717, 1.165) is 42.4 Å². The molecular weight excluding hydrogens is 524 g/mol. The van der Waals surface area contributed by atoms with Gasteiger partial charge < -0.3 is 0 Å². The molecule has 4 fully saturated rings. The van der Waals surface area contributed by atoms with E-state index in [2.05, 4.69) is 23.3 Å². The second kappa shape index (κ2) is 4.14. The van der Waals surface area contributed by atoms with Crippen LogP contribution >= 0.6 is 20.4 Å². The zero-order chi connectivity index (χ0) is 15.4. The van der Waals surface area contributed by atoms with Crippen LogP contribution in [0, 0.1) is 0 Å². The number of alkyl halides is 2. The minimum atomic E-state index is -1.16. The van der Waals surface area contributed by atoms with Crippen LogP contribution in [0.1, 0.15) is 31.2 Å². The van der Waals surface area contributed by atoms with E-state index in [1.165, 1.54) is 0 Å². The number of nitrogens with zero attached hydrogens (tertiary/aromatic N) is 1. The van der Waals surface area contributed by atoms with E-state index in [4.69, 9.17) is 9.15 Å². The molecule has 0 spiro atoms. The van der Waals surface area contributed by atoms with Crippen LogP contribution in [-0.4, -0.2) is 23.3 Å². The maximum atomic E-state index is 13.1. The van der Waals surface area contributed by atoms with Crippen molar-refractivity contribution in [3.8, 4) is 0 Å². The van der Waals surface area contributed by atoms with Gasteiger partial charge in [0.1, 0.15) is 0 Å². The topological polar surface area (TPSA) is 86.3 Å². The van der Waals surface area contributed by atoms with Gasteiger partial charge in [-0.05, 0) is 0 Å². The van der Waals surface area contributed by atoms with Crippen LogP contribution in [0.3, 0.4) is 0 Å². The third-order valence-electron chi connectivity index (χ3n) is 5.48. The van der Waals surface area contributed by atoms with Crippen molar-refractivity contribution < 1.29 is 35.4 Å². The molecule has 3 atom stereocenters. The Labute approximate surface area is 151 Å². The van der Waals surface area contributed by atoms with E-state index in [-0.39, 0.29) is 34.7 Å². The van der Waals surface area contributed by atoms with Crippen molar-refractivity contribution >= 4 is 37.5 Å². The molecule has 6 nitrogen and oxygen atoms in total. The molecule has 5 heterocycles. The van der Waals surface area contributed by atoms with Crippen molar-refractivity contribution in [1.82, 2.24) is 10.2 Å². The molecular formula is C15H16I2N3O3-. The first-order valence-corrected chi connectivity index (χ1v) is 13.1. The van der Waals surface area contributed by atoms with Crippen LogP contribution in [0.4, 0.5) is 0 Å². The molecule has 0 aromatic carbocycles. The number of nitrogens with one attached hydrogen (secondary N) is 2. The molecule has 3 saturated heterocycles. The van der Waals surface area contributed by atoms with Gasteiger partial charge in [-0.1, -0.05) is 0 Å². The van der Waals surface area contributed by atoms with Crippen LogP contribution in [0.15, 0.2) is 22.6 Å². The van der Waals surface area contributed by atoms with E-state index in [1.54, 1.807) is 0 Å². The number of fused-ring (bicyclic) bond motifs is 3. The molecule has 2 aromatic heterocycles. The predicted molar refractivity (Wildman–Crippen MR) is 87.2 cm³/mol. The van der Waals surface area contributed by atoms with Crippen molar-refractivity contribution in [2.24, 2.45) is 0 Å². The molecule has 2 aromatic rings. The monoisotopic (exact) mass is 540 g/mol. The Kier molecular flexibility index (Phi) is 2.53. The summed E-state index contributed by atoms with van der Waals surface area (Å²) in [6, 6.07) is 6.03. The number of furan rings is 2. The number of esters is 1. The second-order valence-corrected chi connectivity index (χ2v) is 14.4. The average molecular weight is 540 g/mol. The molecule has 3 aliphatic heterocycles. The molecule has 3 unspecified atom stereocenters. The molecule has 0 radical (unpaired) electrons. The van der Waals surface area contributed by atoms with Crippen LogP contribution in [0.25, 0.3) is 11.2 Å². The van der Waals surface area contributed by atoms with Crippen LogP contribution in [-0.2, 0) is 15.1 Å². The van der Waals surface area contributed by atoms with Crippen molar-refractivity contribution in [2.45, 2.75) is 38.5 Å². The number of ether oxygens (including phenoxy) is 1. The number of carbonyl (C=O) groups excluding carboxylic acids is 1. The SMILES string of the molecule is CN1I2NC12C1(C(=O)OC2(c3cc4ccc3o4)CCCC2)N[I-]1. The molecule has 124 valence electrons. The first-order chi connectivity index (χ1) is 11.1. The minimum absolute atomic E-state index is 0.0163. The van der Waals surface area contributed by atoms with Gasteiger partial charge >= 0.3 is 152 Å². The summed E-state index contributed by atoms with van der Waals surface area (Å²) in [6.45, 7) is 0. The first kappa shape index (κ1) is 14.0. The second-order valence-electron chi connectivity index (χ2n) is 6.66. The molecule has 2 N–H and O–H groups in total. The Balaban J connectivity index is 1.35. The molecule has 4 aliphatic rings. The third-order valence-corrected chi connectivity index (χ3v) is 15.1. The van der Waals surface area contributed by atoms with E-state index in [1.807, 2.05) is 12.1 Å². The number of halogens is 2. The molecule has 8 heteroatoms. The van der Waals surface area contributed by atoms with Gasteiger partial charge in [-0.15, -0.1) is 0 Å². The van der Waals surface area contributed by atoms with Crippen molar-refractivity contribution in [3.05, 3.63) is 23.8 Å². The number of hydrogen-bond donors (Lipinski definition) is 2. The summed E-state index contributed by atoms with van der Waals surface area (Å²) in [7, 11) is 2.13. The molecule has 23 heavy (non-hydrogen) atoms. The van der Waals surface area contributed by atoms with E-state index >= 15 is 0 Å². The summed E-state index contributed by atoms with van der Waals surface area (Å²) in [5, 5.41) is 0. The van der Waals surface area contributed by atoms with E-state index < -0.39 is 26.0 Å².